The minimum atomic E-state index is -0.319. The molecule has 0 fully saturated rings. The molecule has 0 aromatic heterocycles. The Morgan fingerprint density at radius 2 is 1.56 bits per heavy atom. The topological polar surface area (TPSA) is 44.8 Å². The number of benzene rings is 2. The second-order valence-electron chi connectivity index (χ2n) is 4.84. The zero-order chi connectivity index (χ0) is 18.6. The lowest BCUT2D eigenvalue weighted by Gasteiger charge is -2.14. The summed E-state index contributed by atoms with van der Waals surface area (Å²) in [6.45, 7) is 0. The van der Waals surface area contributed by atoms with Gasteiger partial charge in [0.2, 0.25) is 5.75 Å². The van der Waals surface area contributed by atoms with E-state index in [4.69, 9.17) is 49.0 Å². The van der Waals surface area contributed by atoms with E-state index in [0.717, 1.165) is 0 Å². The van der Waals surface area contributed by atoms with E-state index in [1.807, 2.05) is 0 Å². The Bertz CT molecular complexity index is 832. The van der Waals surface area contributed by atoms with E-state index in [2.05, 4.69) is 0 Å². The van der Waals surface area contributed by atoms with Gasteiger partial charge < -0.3 is 14.2 Å². The maximum Gasteiger partial charge on any atom is 0.203 e. The van der Waals surface area contributed by atoms with Gasteiger partial charge in [-0.3, -0.25) is 4.79 Å². The van der Waals surface area contributed by atoms with Crippen LogP contribution in [0, 0.1) is 0 Å². The van der Waals surface area contributed by atoms with Crippen molar-refractivity contribution in [3.05, 3.63) is 56.5 Å². The highest BCUT2D eigenvalue weighted by atomic mass is 35.5. The van der Waals surface area contributed by atoms with Crippen molar-refractivity contribution in [2.45, 2.75) is 0 Å². The van der Waals surface area contributed by atoms with Crippen molar-refractivity contribution < 1.29 is 19.0 Å². The van der Waals surface area contributed by atoms with Crippen molar-refractivity contribution in [2.75, 3.05) is 21.3 Å². The summed E-state index contributed by atoms with van der Waals surface area (Å²) in [5.74, 6) is 1.09. The molecule has 0 N–H and O–H groups in total. The smallest absolute Gasteiger partial charge is 0.203 e. The lowest BCUT2D eigenvalue weighted by Crippen LogP contribution is -1.98. The highest BCUT2D eigenvalue weighted by molar-refractivity contribution is 6.49. The van der Waals surface area contributed by atoms with Crippen LogP contribution in [-0.2, 0) is 0 Å². The van der Waals surface area contributed by atoms with E-state index in [-0.39, 0.29) is 26.4 Å². The van der Waals surface area contributed by atoms with E-state index in [1.54, 1.807) is 18.2 Å². The minimum absolute atomic E-state index is 0.114. The number of ketones is 1. The molecule has 0 aliphatic heterocycles. The molecule has 0 unspecified atom stereocenters. The summed E-state index contributed by atoms with van der Waals surface area (Å²) < 4.78 is 15.9. The number of carbonyl (C=O) groups excluding carboxylic acids is 1. The zero-order valence-corrected chi connectivity index (χ0v) is 16.0. The summed E-state index contributed by atoms with van der Waals surface area (Å²) in [5.41, 5.74) is 0.899. The fourth-order valence-corrected chi connectivity index (χ4v) is 2.86. The van der Waals surface area contributed by atoms with Gasteiger partial charge in [-0.05, 0) is 36.4 Å². The van der Waals surface area contributed by atoms with Crippen molar-refractivity contribution in [3.63, 3.8) is 0 Å². The molecule has 132 valence electrons. The second-order valence-corrected chi connectivity index (χ2v) is 6.01. The van der Waals surface area contributed by atoms with Gasteiger partial charge in [0.25, 0.3) is 0 Å². The third-order valence-electron chi connectivity index (χ3n) is 3.45. The summed E-state index contributed by atoms with van der Waals surface area (Å²) in [6.07, 6.45) is 2.97. The van der Waals surface area contributed by atoms with Crippen LogP contribution in [0.2, 0.25) is 15.1 Å². The highest BCUT2D eigenvalue weighted by Crippen LogP contribution is 2.40. The van der Waals surface area contributed by atoms with Crippen LogP contribution in [0.1, 0.15) is 15.9 Å². The first-order valence-corrected chi connectivity index (χ1v) is 8.22. The van der Waals surface area contributed by atoms with E-state index in [9.17, 15) is 4.79 Å². The van der Waals surface area contributed by atoms with Crippen LogP contribution < -0.4 is 14.2 Å². The Morgan fingerprint density at radius 1 is 0.880 bits per heavy atom. The van der Waals surface area contributed by atoms with Gasteiger partial charge in [0, 0.05) is 11.1 Å². The quantitative estimate of drug-likeness (QED) is 0.361. The number of halogens is 3. The van der Waals surface area contributed by atoms with Crippen LogP contribution in [0.3, 0.4) is 0 Å². The van der Waals surface area contributed by atoms with Gasteiger partial charge in [0.05, 0.1) is 36.4 Å². The highest BCUT2D eigenvalue weighted by Gasteiger charge is 2.16. The molecule has 7 heteroatoms. The van der Waals surface area contributed by atoms with Gasteiger partial charge >= 0.3 is 0 Å². The normalized spacial score (nSPS) is 10.8. The maximum absolute atomic E-state index is 12.4. The fourth-order valence-electron chi connectivity index (χ4n) is 2.23. The molecule has 2 aromatic carbocycles. The number of ether oxygens (including phenoxy) is 3. The molecule has 0 bridgehead atoms. The average molecular weight is 402 g/mol. The molecule has 4 nitrogen and oxygen atoms in total. The summed E-state index contributed by atoms with van der Waals surface area (Å²) in [6, 6.07) is 6.51. The first-order valence-electron chi connectivity index (χ1n) is 7.09. The van der Waals surface area contributed by atoms with Crippen LogP contribution in [-0.4, -0.2) is 27.1 Å². The third kappa shape index (κ3) is 4.03. The number of rotatable bonds is 6. The monoisotopic (exact) mass is 400 g/mol. The minimum Gasteiger partial charge on any atom is -0.493 e. The molecule has 0 aliphatic rings. The second kappa shape index (κ2) is 8.48. The standard InChI is InChI=1S/C18H15Cl3O4/c1-23-14-9-5-10(17(24-2)18(14)25-3)4-8-13(22)11-6-7-12(19)16(21)15(11)20/h4-9H,1-3H3/b8-4+. The van der Waals surface area contributed by atoms with Crippen LogP contribution in [0.4, 0.5) is 0 Å². The SMILES string of the molecule is COc1ccc(/C=C/C(=O)c2ccc(Cl)c(Cl)c2Cl)c(OC)c1OC. The molecular weight excluding hydrogens is 387 g/mol. The Morgan fingerprint density at radius 3 is 2.16 bits per heavy atom. The van der Waals surface area contributed by atoms with Crippen LogP contribution in [0.5, 0.6) is 17.2 Å². The molecule has 0 saturated heterocycles. The lowest BCUT2D eigenvalue weighted by molar-refractivity contribution is 0.104. The molecule has 2 rings (SSSR count). The first kappa shape index (κ1) is 19.4. The van der Waals surface area contributed by atoms with Gasteiger partial charge in [0.15, 0.2) is 17.3 Å². The van der Waals surface area contributed by atoms with E-state index in [1.165, 1.54) is 39.5 Å². The van der Waals surface area contributed by atoms with Crippen LogP contribution in [0.15, 0.2) is 30.3 Å². The van der Waals surface area contributed by atoms with Crippen LogP contribution >= 0.6 is 34.8 Å². The summed E-state index contributed by atoms with van der Waals surface area (Å²) in [5, 5.41) is 0.545. The van der Waals surface area contributed by atoms with Crippen molar-refractivity contribution in [2.24, 2.45) is 0 Å². The van der Waals surface area contributed by atoms with Gasteiger partial charge in [-0.15, -0.1) is 0 Å². The molecule has 2 aromatic rings. The first-order chi connectivity index (χ1) is 11.9. The Kier molecular flexibility index (Phi) is 6.59. The maximum atomic E-state index is 12.4. The van der Waals surface area contributed by atoms with Gasteiger partial charge in [-0.25, -0.2) is 0 Å². The van der Waals surface area contributed by atoms with Crippen molar-refractivity contribution in [1.29, 1.82) is 0 Å². The Labute approximate surface area is 160 Å². The summed E-state index contributed by atoms with van der Waals surface area (Å²) in [4.78, 5) is 12.4. The van der Waals surface area contributed by atoms with E-state index in [0.29, 0.717) is 22.8 Å². The molecule has 0 atom stereocenters. The molecule has 0 heterocycles. The molecule has 0 amide bonds. The largest absolute Gasteiger partial charge is 0.493 e. The van der Waals surface area contributed by atoms with E-state index < -0.39 is 0 Å². The molecule has 25 heavy (non-hydrogen) atoms. The summed E-state index contributed by atoms with van der Waals surface area (Å²) in [7, 11) is 4.55. The molecule has 0 saturated carbocycles. The summed E-state index contributed by atoms with van der Waals surface area (Å²) >= 11 is 17.9. The predicted molar refractivity (Wildman–Crippen MR) is 101 cm³/mol. The fraction of sp³-hybridized carbons (Fsp3) is 0.167. The molecular formula is C18H15Cl3O4. The number of hydrogen-bond acceptors (Lipinski definition) is 4. The van der Waals surface area contributed by atoms with Gasteiger partial charge in [-0.1, -0.05) is 34.8 Å². The molecule has 0 radical (unpaired) electrons. The van der Waals surface area contributed by atoms with E-state index >= 15 is 0 Å². The van der Waals surface area contributed by atoms with Crippen LogP contribution in [0.25, 0.3) is 6.08 Å². The van der Waals surface area contributed by atoms with Crippen molar-refractivity contribution >= 4 is 46.7 Å². The predicted octanol–water partition coefficient (Wildman–Crippen LogP) is 5.57. The van der Waals surface area contributed by atoms with Crippen molar-refractivity contribution in [1.82, 2.24) is 0 Å². The molecule has 0 aliphatic carbocycles. The number of carbonyl (C=O) groups is 1. The van der Waals surface area contributed by atoms with Gasteiger partial charge in [-0.2, -0.15) is 0 Å². The zero-order valence-electron chi connectivity index (χ0n) is 13.7. The number of methoxy groups -OCH3 is 3. The Balaban J connectivity index is 2.39. The third-order valence-corrected chi connectivity index (χ3v) is 4.74. The number of hydrogen-bond donors (Lipinski definition) is 0. The number of allylic oxidation sites excluding steroid dienone is 1. The molecule has 0 spiro atoms. The Hall–Kier alpha value is -1.88. The van der Waals surface area contributed by atoms with Crippen molar-refractivity contribution in [3.8, 4) is 17.2 Å². The van der Waals surface area contributed by atoms with Gasteiger partial charge in [0.1, 0.15) is 0 Å². The lowest BCUT2D eigenvalue weighted by atomic mass is 10.1. The average Bonchev–Trinajstić information content (AvgIpc) is 2.63.